The number of aliphatic carboxylic acids is 1. The van der Waals surface area contributed by atoms with E-state index in [9.17, 15) is 14.4 Å². The summed E-state index contributed by atoms with van der Waals surface area (Å²) in [5, 5.41) is 14.3. The van der Waals surface area contributed by atoms with Crippen LogP contribution in [-0.2, 0) is 9.59 Å². The molecule has 0 unspecified atom stereocenters. The van der Waals surface area contributed by atoms with Gasteiger partial charge in [0, 0.05) is 31.6 Å². The Hall–Kier alpha value is -1.79. The fourth-order valence-electron chi connectivity index (χ4n) is 2.38. The van der Waals surface area contributed by atoms with Crippen molar-refractivity contribution in [1.82, 2.24) is 15.5 Å². The average molecular weight is 313 g/mol. The molecule has 1 saturated heterocycles. The molecule has 22 heavy (non-hydrogen) atoms. The molecule has 3 amide bonds. The fraction of sp³-hybridized carbons (Fsp3) is 0.800. The van der Waals surface area contributed by atoms with Crippen molar-refractivity contribution in [2.24, 2.45) is 5.92 Å². The van der Waals surface area contributed by atoms with Gasteiger partial charge in [0.2, 0.25) is 5.91 Å². The monoisotopic (exact) mass is 313 g/mol. The Morgan fingerprint density at radius 3 is 2.23 bits per heavy atom. The van der Waals surface area contributed by atoms with Crippen molar-refractivity contribution in [3.05, 3.63) is 0 Å². The van der Waals surface area contributed by atoms with Gasteiger partial charge in [0.25, 0.3) is 0 Å². The van der Waals surface area contributed by atoms with Crippen LogP contribution in [0.1, 0.15) is 46.5 Å². The number of likely N-dealkylation sites (tertiary alicyclic amines) is 1. The van der Waals surface area contributed by atoms with Crippen LogP contribution < -0.4 is 10.6 Å². The second kappa shape index (κ2) is 8.00. The summed E-state index contributed by atoms with van der Waals surface area (Å²) in [6.45, 7) is 7.63. The lowest BCUT2D eigenvalue weighted by molar-refractivity contribution is -0.141. The van der Waals surface area contributed by atoms with Crippen LogP contribution in [0.25, 0.3) is 0 Å². The van der Waals surface area contributed by atoms with E-state index in [4.69, 9.17) is 5.11 Å². The van der Waals surface area contributed by atoms with Crippen LogP contribution in [0.5, 0.6) is 0 Å². The Kier molecular flexibility index (Phi) is 6.64. The zero-order chi connectivity index (χ0) is 16.8. The molecule has 1 rings (SSSR count). The highest BCUT2D eigenvalue weighted by molar-refractivity contribution is 5.80. The largest absolute Gasteiger partial charge is 0.481 e. The maximum atomic E-state index is 11.8. The van der Waals surface area contributed by atoms with Crippen LogP contribution >= 0.6 is 0 Å². The number of amides is 3. The standard InChI is InChI=1S/C15H27N3O4/c1-15(2,3)17-14(22)16-10-11-6-8-18(9-7-11)12(19)4-5-13(20)21/h11H,4-10H2,1-3H3,(H,20,21)(H2,16,17,22). The minimum atomic E-state index is -0.947. The molecule has 0 radical (unpaired) electrons. The molecule has 3 N–H and O–H groups in total. The zero-order valence-electron chi connectivity index (χ0n) is 13.6. The molecule has 1 aliphatic rings. The van der Waals surface area contributed by atoms with Crippen LogP contribution in [0.2, 0.25) is 0 Å². The van der Waals surface area contributed by atoms with Crippen molar-refractivity contribution in [3.63, 3.8) is 0 Å². The van der Waals surface area contributed by atoms with Crippen molar-refractivity contribution >= 4 is 17.9 Å². The van der Waals surface area contributed by atoms with E-state index in [-0.39, 0.29) is 30.3 Å². The minimum Gasteiger partial charge on any atom is -0.481 e. The summed E-state index contributed by atoms with van der Waals surface area (Å²) in [7, 11) is 0. The summed E-state index contributed by atoms with van der Waals surface area (Å²) in [5.41, 5.74) is -0.260. The van der Waals surface area contributed by atoms with Gasteiger partial charge in [0.05, 0.1) is 6.42 Å². The topological polar surface area (TPSA) is 98.7 Å². The van der Waals surface area contributed by atoms with Crippen molar-refractivity contribution < 1.29 is 19.5 Å². The van der Waals surface area contributed by atoms with Gasteiger partial charge in [0.15, 0.2) is 0 Å². The summed E-state index contributed by atoms with van der Waals surface area (Å²) >= 11 is 0. The van der Waals surface area contributed by atoms with Crippen LogP contribution in [0.4, 0.5) is 4.79 Å². The molecule has 126 valence electrons. The summed E-state index contributed by atoms with van der Waals surface area (Å²) in [6.07, 6.45) is 1.60. The highest BCUT2D eigenvalue weighted by atomic mass is 16.4. The normalized spacial score (nSPS) is 16.2. The molecule has 0 atom stereocenters. The van der Waals surface area contributed by atoms with Gasteiger partial charge >= 0.3 is 12.0 Å². The molecule has 0 aromatic heterocycles. The molecule has 1 heterocycles. The van der Waals surface area contributed by atoms with E-state index in [1.165, 1.54) is 0 Å². The average Bonchev–Trinajstić information content (AvgIpc) is 2.41. The zero-order valence-corrected chi connectivity index (χ0v) is 13.6. The second-order valence-electron chi connectivity index (χ2n) is 6.80. The molecule has 7 nitrogen and oxygen atoms in total. The van der Waals surface area contributed by atoms with Crippen molar-refractivity contribution in [2.75, 3.05) is 19.6 Å². The van der Waals surface area contributed by atoms with Gasteiger partial charge in [-0.25, -0.2) is 4.79 Å². The summed E-state index contributed by atoms with van der Waals surface area (Å²) in [4.78, 5) is 35.7. The number of carboxylic acids is 1. The molecule has 1 aliphatic heterocycles. The van der Waals surface area contributed by atoms with Crippen molar-refractivity contribution in [1.29, 1.82) is 0 Å². The lowest BCUT2D eigenvalue weighted by atomic mass is 9.96. The smallest absolute Gasteiger partial charge is 0.315 e. The number of hydrogen-bond donors (Lipinski definition) is 3. The molecule has 0 saturated carbocycles. The molecule has 0 aliphatic carbocycles. The third-order valence-electron chi connectivity index (χ3n) is 3.56. The first-order chi connectivity index (χ1) is 10.2. The van der Waals surface area contributed by atoms with Gasteiger partial charge in [-0.15, -0.1) is 0 Å². The third kappa shape index (κ3) is 7.28. The maximum Gasteiger partial charge on any atom is 0.315 e. The van der Waals surface area contributed by atoms with Crippen LogP contribution in [0.3, 0.4) is 0 Å². The van der Waals surface area contributed by atoms with Gasteiger partial charge < -0.3 is 20.6 Å². The fourth-order valence-corrected chi connectivity index (χ4v) is 2.38. The molecule has 0 bridgehead atoms. The summed E-state index contributed by atoms with van der Waals surface area (Å²) in [6, 6.07) is -0.174. The predicted molar refractivity (Wildman–Crippen MR) is 82.5 cm³/mol. The number of carbonyl (C=O) groups is 3. The second-order valence-corrected chi connectivity index (χ2v) is 6.80. The molecule has 0 aromatic carbocycles. The number of carbonyl (C=O) groups excluding carboxylic acids is 2. The van der Waals surface area contributed by atoms with Gasteiger partial charge in [-0.3, -0.25) is 9.59 Å². The number of piperidine rings is 1. The molecule has 7 heteroatoms. The van der Waals surface area contributed by atoms with E-state index in [0.29, 0.717) is 25.6 Å². The van der Waals surface area contributed by atoms with Gasteiger partial charge in [0.1, 0.15) is 0 Å². The minimum absolute atomic E-state index is 0.0617. The summed E-state index contributed by atoms with van der Waals surface area (Å²) < 4.78 is 0. The Labute approximate surface area is 131 Å². The number of urea groups is 1. The first kappa shape index (κ1) is 18.3. The lowest BCUT2D eigenvalue weighted by Crippen LogP contribution is -2.48. The molecule has 0 spiro atoms. The van der Waals surface area contributed by atoms with Gasteiger partial charge in [-0.05, 0) is 39.5 Å². The van der Waals surface area contributed by atoms with Crippen LogP contribution in [-0.4, -0.2) is 53.1 Å². The van der Waals surface area contributed by atoms with Crippen molar-refractivity contribution in [3.8, 4) is 0 Å². The highest BCUT2D eigenvalue weighted by Gasteiger charge is 2.23. The van der Waals surface area contributed by atoms with E-state index in [0.717, 1.165) is 12.8 Å². The maximum absolute atomic E-state index is 11.8. The van der Waals surface area contributed by atoms with Crippen LogP contribution in [0.15, 0.2) is 0 Å². The first-order valence-corrected chi connectivity index (χ1v) is 7.73. The Morgan fingerprint density at radius 2 is 1.73 bits per heavy atom. The number of nitrogens with zero attached hydrogens (tertiary/aromatic N) is 1. The predicted octanol–water partition coefficient (Wildman–Crippen LogP) is 1.19. The molecular formula is C15H27N3O4. The number of carboxylic acid groups (broad SMARTS) is 1. The quantitative estimate of drug-likeness (QED) is 0.710. The van der Waals surface area contributed by atoms with Gasteiger partial charge in [-0.1, -0.05) is 0 Å². The van der Waals surface area contributed by atoms with E-state index >= 15 is 0 Å². The molecule has 0 aromatic rings. The SMILES string of the molecule is CC(C)(C)NC(=O)NCC1CCN(C(=O)CCC(=O)O)CC1. The van der Waals surface area contributed by atoms with E-state index in [1.54, 1.807) is 4.90 Å². The summed E-state index contributed by atoms with van der Waals surface area (Å²) in [5.74, 6) is -0.689. The highest BCUT2D eigenvalue weighted by Crippen LogP contribution is 2.17. The van der Waals surface area contributed by atoms with Crippen molar-refractivity contribution in [2.45, 2.75) is 52.0 Å². The molecule has 1 fully saturated rings. The van der Waals surface area contributed by atoms with Gasteiger partial charge in [-0.2, -0.15) is 0 Å². The first-order valence-electron chi connectivity index (χ1n) is 7.73. The number of hydrogen-bond acceptors (Lipinski definition) is 3. The Morgan fingerprint density at radius 1 is 1.14 bits per heavy atom. The Bertz CT molecular complexity index is 410. The van der Waals surface area contributed by atoms with E-state index in [1.807, 2.05) is 20.8 Å². The van der Waals surface area contributed by atoms with E-state index in [2.05, 4.69) is 10.6 Å². The number of nitrogens with one attached hydrogen (secondary N) is 2. The Balaban J connectivity index is 2.24. The third-order valence-corrected chi connectivity index (χ3v) is 3.56. The van der Waals surface area contributed by atoms with Crippen LogP contribution in [0, 0.1) is 5.92 Å². The number of rotatable bonds is 5. The molecular weight excluding hydrogens is 286 g/mol. The van der Waals surface area contributed by atoms with E-state index < -0.39 is 5.97 Å². The lowest BCUT2D eigenvalue weighted by Gasteiger charge is -2.32.